The number of hydrogen-bond donors (Lipinski definition) is 1. The van der Waals surface area contributed by atoms with Gasteiger partial charge in [-0.1, -0.05) is 36.4 Å². The van der Waals surface area contributed by atoms with E-state index in [4.69, 9.17) is 5.11 Å². The van der Waals surface area contributed by atoms with Crippen LogP contribution in [0.4, 0.5) is 4.79 Å². The third-order valence-corrected chi connectivity index (χ3v) is 4.11. The van der Waals surface area contributed by atoms with Crippen LogP contribution < -0.4 is 0 Å². The molecule has 1 aliphatic heterocycles. The number of allylic oxidation sites excluding steroid dienone is 2. The molecule has 0 spiro atoms. The Labute approximate surface area is 138 Å². The topological polar surface area (TPSA) is 74.7 Å². The molecule has 0 aliphatic carbocycles. The lowest BCUT2D eigenvalue weighted by Gasteiger charge is -2.10. The Balaban J connectivity index is 2.06. The highest BCUT2D eigenvalue weighted by Gasteiger charge is 2.34. The minimum atomic E-state index is -0.936. The molecule has 2 rings (SSSR count). The Morgan fingerprint density at radius 2 is 1.96 bits per heavy atom. The molecule has 1 N–H and O–H groups in total. The molecule has 23 heavy (non-hydrogen) atoms. The molecule has 1 saturated heterocycles. The van der Waals surface area contributed by atoms with Crippen LogP contribution in [0.1, 0.15) is 25.3 Å². The Kier molecular flexibility index (Phi) is 5.76. The second kappa shape index (κ2) is 7.78. The number of benzene rings is 1. The number of carboxylic acid groups (broad SMARTS) is 1. The zero-order valence-corrected chi connectivity index (χ0v) is 13.5. The molecule has 120 valence electrons. The molecule has 6 heteroatoms. The van der Waals surface area contributed by atoms with Gasteiger partial charge in [0.25, 0.3) is 11.1 Å². The van der Waals surface area contributed by atoms with Gasteiger partial charge in [-0.3, -0.25) is 19.3 Å². The summed E-state index contributed by atoms with van der Waals surface area (Å²) in [7, 11) is 0. The second-order valence-electron chi connectivity index (χ2n) is 5.13. The van der Waals surface area contributed by atoms with Crippen LogP contribution in [0.2, 0.25) is 0 Å². The number of aliphatic carboxylic acids is 1. The maximum atomic E-state index is 12.2. The van der Waals surface area contributed by atoms with Gasteiger partial charge in [-0.05, 0) is 42.3 Å². The second-order valence-corrected chi connectivity index (χ2v) is 6.12. The lowest BCUT2D eigenvalue weighted by molar-refractivity contribution is -0.137. The normalized spacial score (nSPS) is 17.2. The van der Waals surface area contributed by atoms with Crippen molar-refractivity contribution in [2.45, 2.75) is 19.8 Å². The Morgan fingerprint density at radius 3 is 2.61 bits per heavy atom. The van der Waals surface area contributed by atoms with Gasteiger partial charge in [0.2, 0.25) is 0 Å². The van der Waals surface area contributed by atoms with Crippen molar-refractivity contribution in [2.75, 3.05) is 6.54 Å². The van der Waals surface area contributed by atoms with Gasteiger partial charge < -0.3 is 5.11 Å². The summed E-state index contributed by atoms with van der Waals surface area (Å²) in [5, 5.41) is 8.27. The molecule has 1 aromatic carbocycles. The molecule has 0 atom stereocenters. The molecule has 0 radical (unpaired) electrons. The van der Waals surface area contributed by atoms with Crippen LogP contribution in [0.25, 0.3) is 6.08 Å². The van der Waals surface area contributed by atoms with Crippen molar-refractivity contribution in [3.05, 3.63) is 52.4 Å². The van der Waals surface area contributed by atoms with Crippen LogP contribution in [-0.4, -0.2) is 33.7 Å². The predicted molar refractivity (Wildman–Crippen MR) is 89.7 cm³/mol. The van der Waals surface area contributed by atoms with E-state index in [-0.39, 0.29) is 30.5 Å². The van der Waals surface area contributed by atoms with Gasteiger partial charge in [-0.25, -0.2) is 0 Å². The lowest BCUT2D eigenvalue weighted by Crippen LogP contribution is -2.29. The summed E-state index contributed by atoms with van der Waals surface area (Å²) in [6.07, 6.45) is 3.82. The highest BCUT2D eigenvalue weighted by molar-refractivity contribution is 8.18. The highest BCUT2D eigenvalue weighted by Crippen LogP contribution is 2.31. The summed E-state index contributed by atoms with van der Waals surface area (Å²) in [6.45, 7) is 2.00. The Bertz CT molecular complexity index is 679. The first-order valence-corrected chi connectivity index (χ1v) is 7.99. The first-order valence-electron chi connectivity index (χ1n) is 7.18. The Hall–Kier alpha value is -2.34. The van der Waals surface area contributed by atoms with E-state index in [1.807, 2.05) is 43.3 Å². The number of amides is 2. The molecule has 5 nitrogen and oxygen atoms in total. The highest BCUT2D eigenvalue weighted by atomic mass is 32.2. The fourth-order valence-corrected chi connectivity index (χ4v) is 3.06. The van der Waals surface area contributed by atoms with Gasteiger partial charge in [-0.15, -0.1) is 0 Å². The monoisotopic (exact) mass is 331 g/mol. The van der Waals surface area contributed by atoms with E-state index >= 15 is 0 Å². The van der Waals surface area contributed by atoms with Crippen LogP contribution in [0.15, 0.2) is 46.9 Å². The van der Waals surface area contributed by atoms with Crippen molar-refractivity contribution >= 4 is 35.0 Å². The molecule has 0 bridgehead atoms. The molecule has 0 aromatic heterocycles. The van der Waals surface area contributed by atoms with Crippen molar-refractivity contribution in [3.63, 3.8) is 0 Å². The van der Waals surface area contributed by atoms with E-state index in [2.05, 4.69) is 0 Å². The van der Waals surface area contributed by atoms with Crippen molar-refractivity contribution in [1.82, 2.24) is 4.90 Å². The smallest absolute Gasteiger partial charge is 0.303 e. The maximum absolute atomic E-state index is 12.2. The fourth-order valence-electron chi connectivity index (χ4n) is 2.14. The van der Waals surface area contributed by atoms with Gasteiger partial charge >= 0.3 is 5.97 Å². The zero-order chi connectivity index (χ0) is 16.8. The summed E-state index contributed by atoms with van der Waals surface area (Å²) in [4.78, 5) is 36.1. The number of imide groups is 1. The van der Waals surface area contributed by atoms with Crippen molar-refractivity contribution < 1.29 is 19.5 Å². The molecule has 1 aliphatic rings. The number of rotatable bonds is 6. The minimum absolute atomic E-state index is 0.0618. The molecule has 1 heterocycles. The number of carboxylic acids is 1. The van der Waals surface area contributed by atoms with Gasteiger partial charge in [0.05, 0.1) is 4.91 Å². The van der Waals surface area contributed by atoms with E-state index in [1.165, 1.54) is 0 Å². The standard InChI is InChI=1S/C17H17NO4S/c1-12(10-13-6-3-2-4-7-13)11-14-16(21)18(17(22)23-14)9-5-8-15(19)20/h2-4,6-7,10-11H,5,8-9H2,1H3,(H,19,20)/b12-10+,14-11+. The number of carbonyl (C=O) groups excluding carboxylic acids is 2. The van der Waals surface area contributed by atoms with E-state index in [0.29, 0.717) is 4.91 Å². The number of thioether (sulfide) groups is 1. The SMILES string of the molecule is CC(=C\c1ccccc1)/C=C1/SC(=O)N(CCCC(=O)O)C1=O. The van der Waals surface area contributed by atoms with E-state index in [9.17, 15) is 14.4 Å². The minimum Gasteiger partial charge on any atom is -0.481 e. The van der Waals surface area contributed by atoms with Crippen LogP contribution in [0.3, 0.4) is 0 Å². The van der Waals surface area contributed by atoms with E-state index in [0.717, 1.165) is 27.8 Å². The third kappa shape index (κ3) is 4.82. The number of nitrogens with zero attached hydrogens (tertiary/aromatic N) is 1. The Morgan fingerprint density at radius 1 is 1.26 bits per heavy atom. The summed E-state index contributed by atoms with van der Waals surface area (Å²) in [5.41, 5.74) is 1.88. The first kappa shape index (κ1) is 17.0. The summed E-state index contributed by atoms with van der Waals surface area (Å²) < 4.78 is 0. The summed E-state index contributed by atoms with van der Waals surface area (Å²) >= 11 is 0.890. The average molecular weight is 331 g/mol. The van der Waals surface area contributed by atoms with Crippen LogP contribution in [-0.2, 0) is 9.59 Å². The number of carbonyl (C=O) groups is 3. The average Bonchev–Trinajstić information content (AvgIpc) is 2.75. The third-order valence-electron chi connectivity index (χ3n) is 3.20. The quantitative estimate of drug-likeness (QED) is 0.807. The van der Waals surface area contributed by atoms with Gasteiger partial charge in [0, 0.05) is 13.0 Å². The maximum Gasteiger partial charge on any atom is 0.303 e. The van der Waals surface area contributed by atoms with Crippen molar-refractivity contribution in [3.8, 4) is 0 Å². The van der Waals surface area contributed by atoms with Crippen molar-refractivity contribution in [2.24, 2.45) is 0 Å². The van der Waals surface area contributed by atoms with Gasteiger partial charge in [0.1, 0.15) is 0 Å². The molecule has 1 fully saturated rings. The molecule has 1 aromatic rings. The van der Waals surface area contributed by atoms with E-state index < -0.39 is 5.97 Å². The van der Waals surface area contributed by atoms with Gasteiger partial charge in [0.15, 0.2) is 0 Å². The summed E-state index contributed by atoms with van der Waals surface area (Å²) in [6, 6.07) is 9.68. The first-order chi connectivity index (χ1) is 11.0. The van der Waals surface area contributed by atoms with Crippen LogP contribution in [0.5, 0.6) is 0 Å². The molecule has 2 amide bonds. The fraction of sp³-hybridized carbons (Fsp3) is 0.235. The lowest BCUT2D eigenvalue weighted by atomic mass is 10.1. The summed E-state index contributed by atoms with van der Waals surface area (Å²) in [5.74, 6) is -1.29. The predicted octanol–water partition coefficient (Wildman–Crippen LogP) is 3.53. The molecular formula is C17H17NO4S. The van der Waals surface area contributed by atoms with Crippen molar-refractivity contribution in [1.29, 1.82) is 0 Å². The largest absolute Gasteiger partial charge is 0.481 e. The molecule has 0 unspecified atom stereocenters. The molecular weight excluding hydrogens is 314 g/mol. The van der Waals surface area contributed by atoms with Gasteiger partial charge in [-0.2, -0.15) is 0 Å². The number of hydrogen-bond acceptors (Lipinski definition) is 4. The zero-order valence-electron chi connectivity index (χ0n) is 12.7. The van der Waals surface area contributed by atoms with E-state index in [1.54, 1.807) is 6.08 Å². The van der Waals surface area contributed by atoms with Crippen LogP contribution >= 0.6 is 11.8 Å². The molecule has 0 saturated carbocycles. The van der Waals surface area contributed by atoms with Crippen LogP contribution in [0, 0.1) is 0 Å².